The quantitative estimate of drug-likeness (QED) is 0.658. The number of halogens is 3. The van der Waals surface area contributed by atoms with Crippen molar-refractivity contribution in [2.24, 2.45) is 0 Å². The molecule has 2 aromatic rings. The normalized spacial score (nSPS) is 14.4. The highest BCUT2D eigenvalue weighted by Gasteiger charge is 2.28. The van der Waals surface area contributed by atoms with Crippen LogP contribution in [-0.4, -0.2) is 15.8 Å². The monoisotopic (exact) mass is 359 g/mol. The first-order valence-corrected chi connectivity index (χ1v) is 6.82. The molecule has 0 amide bonds. The Kier molecular flexibility index (Phi) is 3.20. The Morgan fingerprint density at radius 3 is 2.67 bits per heavy atom. The van der Waals surface area contributed by atoms with E-state index in [9.17, 15) is 18.4 Å². The lowest BCUT2D eigenvalue weighted by atomic mass is 10.2. The fraction of sp³-hybridized carbons (Fsp3) is 0.231. The molecule has 0 saturated heterocycles. The van der Waals surface area contributed by atoms with Crippen LogP contribution in [0.3, 0.4) is 0 Å². The topological polar surface area (TPSA) is 68.5 Å². The SMILES string of the molecule is O=C(O)Oc1cn(C2CC2)c2c(Br)c(F)c(F)cc2c1=O. The summed E-state index contributed by atoms with van der Waals surface area (Å²) in [5, 5.41) is 8.52. The molecule has 0 bridgehead atoms. The van der Waals surface area contributed by atoms with Crippen molar-refractivity contribution in [2.45, 2.75) is 18.9 Å². The number of aromatic nitrogens is 1. The Morgan fingerprint density at radius 1 is 1.43 bits per heavy atom. The average molecular weight is 360 g/mol. The molecule has 1 aliphatic carbocycles. The van der Waals surface area contributed by atoms with E-state index >= 15 is 0 Å². The number of hydrogen-bond acceptors (Lipinski definition) is 3. The highest BCUT2D eigenvalue weighted by molar-refractivity contribution is 9.10. The summed E-state index contributed by atoms with van der Waals surface area (Å²) >= 11 is 2.96. The standard InChI is InChI=1S/C13H8BrF2NO4/c14-9-10(16)7(15)3-6-11(9)17(5-1-2-5)4-8(12(6)18)21-13(19)20/h3-5H,1-2H2,(H,19,20). The summed E-state index contributed by atoms with van der Waals surface area (Å²) in [6.07, 6.45) is 1.18. The number of carboxylic acid groups (broad SMARTS) is 1. The van der Waals surface area contributed by atoms with Crippen LogP contribution in [0.5, 0.6) is 5.75 Å². The molecule has 110 valence electrons. The Morgan fingerprint density at radius 2 is 2.10 bits per heavy atom. The zero-order chi connectivity index (χ0) is 15.3. The molecular weight excluding hydrogens is 352 g/mol. The van der Waals surface area contributed by atoms with Crippen molar-refractivity contribution >= 4 is 33.0 Å². The van der Waals surface area contributed by atoms with E-state index in [1.807, 2.05) is 0 Å². The highest BCUT2D eigenvalue weighted by Crippen LogP contribution is 2.40. The molecule has 8 heteroatoms. The van der Waals surface area contributed by atoms with Crippen molar-refractivity contribution in [2.75, 3.05) is 0 Å². The zero-order valence-electron chi connectivity index (χ0n) is 10.4. The first-order chi connectivity index (χ1) is 9.90. The van der Waals surface area contributed by atoms with Crippen molar-refractivity contribution in [3.8, 4) is 5.75 Å². The molecule has 0 spiro atoms. The van der Waals surface area contributed by atoms with Gasteiger partial charge >= 0.3 is 6.16 Å². The molecule has 0 unspecified atom stereocenters. The first-order valence-electron chi connectivity index (χ1n) is 6.03. The maximum absolute atomic E-state index is 13.7. The number of carbonyl (C=O) groups is 1. The predicted octanol–water partition coefficient (Wildman–Crippen LogP) is 3.43. The molecule has 1 aromatic heterocycles. The van der Waals surface area contributed by atoms with Gasteiger partial charge in [-0.2, -0.15) is 0 Å². The summed E-state index contributed by atoms with van der Waals surface area (Å²) in [5.41, 5.74) is -0.608. The van der Waals surface area contributed by atoms with Crippen molar-refractivity contribution in [1.82, 2.24) is 4.57 Å². The summed E-state index contributed by atoms with van der Waals surface area (Å²) in [5.74, 6) is -2.72. The van der Waals surface area contributed by atoms with Crippen LogP contribution in [0, 0.1) is 11.6 Å². The number of pyridine rings is 1. The zero-order valence-corrected chi connectivity index (χ0v) is 12.0. The van der Waals surface area contributed by atoms with Crippen LogP contribution in [0.25, 0.3) is 10.9 Å². The molecule has 3 rings (SSSR count). The molecule has 0 radical (unpaired) electrons. The molecule has 1 saturated carbocycles. The van der Waals surface area contributed by atoms with Gasteiger partial charge in [0.1, 0.15) is 0 Å². The van der Waals surface area contributed by atoms with Crippen molar-refractivity contribution in [3.05, 3.63) is 38.6 Å². The summed E-state index contributed by atoms with van der Waals surface area (Å²) in [6.45, 7) is 0. The van der Waals surface area contributed by atoms with Gasteiger partial charge in [-0.25, -0.2) is 13.6 Å². The van der Waals surface area contributed by atoms with Gasteiger partial charge in [0, 0.05) is 6.04 Å². The van der Waals surface area contributed by atoms with Crippen molar-refractivity contribution in [1.29, 1.82) is 0 Å². The van der Waals surface area contributed by atoms with Crippen LogP contribution in [-0.2, 0) is 0 Å². The maximum atomic E-state index is 13.7. The van der Waals surface area contributed by atoms with E-state index in [-0.39, 0.29) is 21.4 Å². The molecule has 1 N–H and O–H groups in total. The Labute approximate surface area is 124 Å². The van der Waals surface area contributed by atoms with Crippen molar-refractivity contribution in [3.63, 3.8) is 0 Å². The fourth-order valence-corrected chi connectivity index (χ4v) is 2.81. The van der Waals surface area contributed by atoms with Gasteiger partial charge in [0.05, 0.1) is 21.6 Å². The third kappa shape index (κ3) is 2.29. The number of hydrogen-bond donors (Lipinski definition) is 1. The van der Waals surface area contributed by atoms with E-state index in [2.05, 4.69) is 20.7 Å². The third-order valence-corrected chi connectivity index (χ3v) is 3.98. The van der Waals surface area contributed by atoms with E-state index in [1.165, 1.54) is 6.20 Å². The Balaban J connectivity index is 2.40. The molecule has 1 fully saturated rings. The van der Waals surface area contributed by atoms with E-state index in [4.69, 9.17) is 5.11 Å². The highest BCUT2D eigenvalue weighted by atomic mass is 79.9. The molecule has 1 aromatic carbocycles. The van der Waals surface area contributed by atoms with Crippen LogP contribution >= 0.6 is 15.9 Å². The fourth-order valence-electron chi connectivity index (χ4n) is 2.20. The van der Waals surface area contributed by atoms with Crippen LogP contribution in [0.4, 0.5) is 13.6 Å². The van der Waals surface area contributed by atoms with Gasteiger partial charge < -0.3 is 14.4 Å². The maximum Gasteiger partial charge on any atom is 0.511 e. The van der Waals surface area contributed by atoms with Gasteiger partial charge in [-0.15, -0.1) is 0 Å². The first kappa shape index (κ1) is 14.0. The summed E-state index contributed by atoms with van der Waals surface area (Å²) in [6, 6.07) is 0.760. The molecular formula is C13H8BrF2NO4. The van der Waals surface area contributed by atoms with E-state index in [0.717, 1.165) is 18.9 Å². The van der Waals surface area contributed by atoms with Gasteiger partial charge in [-0.1, -0.05) is 0 Å². The number of rotatable bonds is 2. The van der Waals surface area contributed by atoms with Gasteiger partial charge in [0.15, 0.2) is 17.4 Å². The van der Waals surface area contributed by atoms with Gasteiger partial charge in [0.25, 0.3) is 0 Å². The molecule has 0 atom stereocenters. The summed E-state index contributed by atoms with van der Waals surface area (Å²) in [4.78, 5) is 22.8. The van der Waals surface area contributed by atoms with E-state index in [1.54, 1.807) is 4.57 Å². The van der Waals surface area contributed by atoms with Crippen LogP contribution in [0.1, 0.15) is 18.9 Å². The lowest BCUT2D eigenvalue weighted by molar-refractivity contribution is 0.143. The molecule has 21 heavy (non-hydrogen) atoms. The predicted molar refractivity (Wildman–Crippen MR) is 72.7 cm³/mol. The smallest absolute Gasteiger partial charge is 0.449 e. The number of ether oxygens (including phenoxy) is 1. The second-order valence-corrected chi connectivity index (χ2v) is 5.50. The van der Waals surface area contributed by atoms with E-state index < -0.39 is 29.0 Å². The van der Waals surface area contributed by atoms with Gasteiger partial charge in [-0.05, 0) is 34.8 Å². The Bertz CT molecular complexity index is 829. The number of benzene rings is 1. The molecule has 1 aliphatic rings. The lowest BCUT2D eigenvalue weighted by Gasteiger charge is -2.14. The lowest BCUT2D eigenvalue weighted by Crippen LogP contribution is -2.17. The van der Waals surface area contributed by atoms with Crippen LogP contribution in [0.15, 0.2) is 21.5 Å². The second kappa shape index (κ2) is 4.80. The largest absolute Gasteiger partial charge is 0.511 e. The number of nitrogens with zero attached hydrogens (tertiary/aromatic N) is 1. The minimum absolute atomic E-state index is 0.00501. The minimum Gasteiger partial charge on any atom is -0.449 e. The second-order valence-electron chi connectivity index (χ2n) is 4.71. The molecule has 1 heterocycles. The summed E-state index contributed by atoms with van der Waals surface area (Å²) < 4.78 is 33.0. The minimum atomic E-state index is -1.64. The van der Waals surface area contributed by atoms with Gasteiger partial charge in [-0.3, -0.25) is 4.79 Å². The Hall–Kier alpha value is -1.96. The van der Waals surface area contributed by atoms with Crippen LogP contribution in [0.2, 0.25) is 0 Å². The average Bonchev–Trinajstić information content (AvgIpc) is 3.23. The third-order valence-electron chi connectivity index (χ3n) is 3.26. The van der Waals surface area contributed by atoms with Gasteiger partial charge in [0.2, 0.25) is 5.43 Å². The number of fused-ring (bicyclic) bond motifs is 1. The summed E-state index contributed by atoms with van der Waals surface area (Å²) in [7, 11) is 0. The van der Waals surface area contributed by atoms with E-state index in [0.29, 0.717) is 0 Å². The van der Waals surface area contributed by atoms with Crippen molar-refractivity contribution < 1.29 is 23.4 Å². The molecule has 5 nitrogen and oxygen atoms in total. The van der Waals surface area contributed by atoms with Crippen LogP contribution < -0.4 is 10.2 Å². The molecule has 0 aliphatic heterocycles.